The van der Waals surface area contributed by atoms with Gasteiger partial charge in [0.25, 0.3) is 0 Å². The molecule has 1 aromatic carbocycles. The predicted octanol–water partition coefficient (Wildman–Crippen LogP) is 1.92. The first-order chi connectivity index (χ1) is 10.6. The van der Waals surface area contributed by atoms with Crippen LogP contribution in [0.3, 0.4) is 0 Å². The van der Waals surface area contributed by atoms with Gasteiger partial charge in [0, 0.05) is 32.9 Å². The SMILES string of the molecule is CC(=O)OC1CCN(C(=O)OCc2ccccc2)CCC1=O. The average Bonchev–Trinajstić information content (AvgIpc) is 2.68. The van der Waals surface area contributed by atoms with E-state index in [1.165, 1.54) is 11.8 Å². The number of esters is 1. The standard InChI is InChI=1S/C16H19NO5/c1-12(18)22-15-8-10-17(9-7-14(15)19)16(20)21-11-13-5-3-2-4-6-13/h2-6,15H,7-11H2,1H3. The number of ketones is 1. The number of benzene rings is 1. The van der Waals surface area contributed by atoms with Crippen LogP contribution in [0.5, 0.6) is 0 Å². The smallest absolute Gasteiger partial charge is 0.410 e. The van der Waals surface area contributed by atoms with Gasteiger partial charge in [-0.25, -0.2) is 4.79 Å². The minimum absolute atomic E-state index is 0.159. The van der Waals surface area contributed by atoms with Crippen molar-refractivity contribution in [3.05, 3.63) is 35.9 Å². The lowest BCUT2D eigenvalue weighted by Gasteiger charge is -2.19. The Balaban J connectivity index is 1.86. The zero-order valence-corrected chi connectivity index (χ0v) is 12.5. The second-order valence-corrected chi connectivity index (χ2v) is 5.13. The molecule has 1 aromatic rings. The van der Waals surface area contributed by atoms with Gasteiger partial charge < -0.3 is 14.4 Å². The van der Waals surface area contributed by atoms with Crippen LogP contribution in [-0.2, 0) is 25.7 Å². The molecule has 0 radical (unpaired) electrons. The van der Waals surface area contributed by atoms with Crippen molar-refractivity contribution in [1.29, 1.82) is 0 Å². The summed E-state index contributed by atoms with van der Waals surface area (Å²) in [7, 11) is 0. The summed E-state index contributed by atoms with van der Waals surface area (Å²) < 4.78 is 10.2. The van der Waals surface area contributed by atoms with Gasteiger partial charge in [0.2, 0.25) is 0 Å². The van der Waals surface area contributed by atoms with E-state index in [0.29, 0.717) is 13.0 Å². The first-order valence-corrected chi connectivity index (χ1v) is 7.22. The molecular weight excluding hydrogens is 286 g/mol. The van der Waals surface area contributed by atoms with Gasteiger partial charge in [0.15, 0.2) is 11.9 Å². The van der Waals surface area contributed by atoms with Crippen molar-refractivity contribution < 1.29 is 23.9 Å². The molecule has 6 heteroatoms. The van der Waals surface area contributed by atoms with Crippen LogP contribution in [0, 0.1) is 0 Å². The molecule has 0 saturated carbocycles. The second-order valence-electron chi connectivity index (χ2n) is 5.13. The molecule has 0 spiro atoms. The van der Waals surface area contributed by atoms with E-state index >= 15 is 0 Å². The number of nitrogens with zero attached hydrogens (tertiary/aromatic N) is 1. The van der Waals surface area contributed by atoms with Crippen molar-refractivity contribution in [2.45, 2.75) is 32.5 Å². The van der Waals surface area contributed by atoms with Crippen molar-refractivity contribution >= 4 is 17.8 Å². The molecule has 0 aliphatic carbocycles. The number of ether oxygens (including phenoxy) is 2. The third-order valence-electron chi connectivity index (χ3n) is 3.42. The Labute approximate surface area is 129 Å². The lowest BCUT2D eigenvalue weighted by molar-refractivity contribution is -0.152. The van der Waals surface area contributed by atoms with Crippen LogP contribution >= 0.6 is 0 Å². The molecule has 1 aliphatic rings. The quantitative estimate of drug-likeness (QED) is 0.798. The largest absolute Gasteiger partial charge is 0.454 e. The van der Waals surface area contributed by atoms with Gasteiger partial charge in [0.05, 0.1) is 0 Å². The highest BCUT2D eigenvalue weighted by atomic mass is 16.6. The van der Waals surface area contributed by atoms with E-state index in [1.54, 1.807) is 0 Å². The fraction of sp³-hybridized carbons (Fsp3) is 0.438. The monoisotopic (exact) mass is 305 g/mol. The highest BCUT2D eigenvalue weighted by molar-refractivity contribution is 5.86. The number of amides is 1. The molecular formula is C16H19NO5. The number of hydrogen-bond donors (Lipinski definition) is 0. The summed E-state index contributed by atoms with van der Waals surface area (Å²) in [5, 5.41) is 0. The molecule has 1 heterocycles. The van der Waals surface area contributed by atoms with Gasteiger partial charge in [-0.3, -0.25) is 9.59 Å². The highest BCUT2D eigenvalue weighted by Gasteiger charge is 2.28. The Morgan fingerprint density at radius 1 is 1.23 bits per heavy atom. The fourth-order valence-electron chi connectivity index (χ4n) is 2.27. The lowest BCUT2D eigenvalue weighted by atomic mass is 10.1. The van der Waals surface area contributed by atoms with Gasteiger partial charge in [-0.2, -0.15) is 0 Å². The molecule has 6 nitrogen and oxygen atoms in total. The van der Waals surface area contributed by atoms with Crippen LogP contribution in [0.25, 0.3) is 0 Å². The summed E-state index contributed by atoms with van der Waals surface area (Å²) in [6.07, 6.45) is -0.749. The van der Waals surface area contributed by atoms with E-state index < -0.39 is 18.2 Å². The number of likely N-dealkylation sites (tertiary alicyclic amines) is 1. The Hall–Kier alpha value is -2.37. The van der Waals surface area contributed by atoms with Gasteiger partial charge in [-0.05, 0) is 5.56 Å². The number of hydrogen-bond acceptors (Lipinski definition) is 5. The maximum absolute atomic E-state index is 12.0. The number of Topliss-reactive ketones (excluding diaryl/α,β-unsaturated/α-hetero) is 1. The van der Waals surface area contributed by atoms with Crippen molar-refractivity contribution in [3.8, 4) is 0 Å². The maximum Gasteiger partial charge on any atom is 0.410 e. The minimum atomic E-state index is -0.760. The van der Waals surface area contributed by atoms with E-state index in [1.807, 2.05) is 30.3 Å². The summed E-state index contributed by atoms with van der Waals surface area (Å²) in [4.78, 5) is 36.3. The number of carbonyl (C=O) groups is 3. The lowest BCUT2D eigenvalue weighted by Crippen LogP contribution is -2.32. The summed E-state index contributed by atoms with van der Waals surface area (Å²) in [6.45, 7) is 2.07. The molecule has 1 fully saturated rings. The Morgan fingerprint density at radius 2 is 1.95 bits per heavy atom. The molecule has 118 valence electrons. The molecule has 0 N–H and O–H groups in total. The minimum Gasteiger partial charge on any atom is -0.454 e. The molecule has 0 aromatic heterocycles. The molecule has 1 unspecified atom stereocenters. The van der Waals surface area contributed by atoms with E-state index in [4.69, 9.17) is 9.47 Å². The summed E-state index contributed by atoms with van der Waals surface area (Å²) in [5.41, 5.74) is 0.902. The zero-order chi connectivity index (χ0) is 15.9. The molecule has 2 rings (SSSR count). The summed E-state index contributed by atoms with van der Waals surface area (Å²) in [6, 6.07) is 9.38. The summed E-state index contributed by atoms with van der Waals surface area (Å²) >= 11 is 0. The normalized spacial score (nSPS) is 18.5. The van der Waals surface area contributed by atoms with E-state index in [2.05, 4.69) is 0 Å². The van der Waals surface area contributed by atoms with Crippen molar-refractivity contribution in [2.75, 3.05) is 13.1 Å². The third kappa shape index (κ3) is 4.58. The van der Waals surface area contributed by atoms with Crippen molar-refractivity contribution in [3.63, 3.8) is 0 Å². The highest BCUT2D eigenvalue weighted by Crippen LogP contribution is 2.13. The Kier molecular flexibility index (Phi) is 5.52. The predicted molar refractivity (Wildman–Crippen MR) is 78.0 cm³/mol. The Bertz CT molecular complexity index is 543. The van der Waals surface area contributed by atoms with Crippen LogP contribution in [-0.4, -0.2) is 41.9 Å². The molecule has 1 atom stereocenters. The molecule has 1 saturated heterocycles. The zero-order valence-electron chi connectivity index (χ0n) is 12.5. The number of carbonyl (C=O) groups excluding carboxylic acids is 3. The molecule has 22 heavy (non-hydrogen) atoms. The first kappa shape index (κ1) is 16.0. The van der Waals surface area contributed by atoms with Crippen LogP contribution in [0.4, 0.5) is 4.79 Å². The molecule has 1 amide bonds. The third-order valence-corrected chi connectivity index (χ3v) is 3.42. The molecule has 0 bridgehead atoms. The Morgan fingerprint density at radius 3 is 2.64 bits per heavy atom. The van der Waals surface area contributed by atoms with Crippen molar-refractivity contribution in [1.82, 2.24) is 4.90 Å². The first-order valence-electron chi connectivity index (χ1n) is 7.22. The summed E-state index contributed by atoms with van der Waals surface area (Å²) in [5.74, 6) is -0.646. The molecule has 1 aliphatic heterocycles. The number of rotatable bonds is 3. The van der Waals surface area contributed by atoms with Gasteiger partial charge >= 0.3 is 12.1 Å². The van der Waals surface area contributed by atoms with E-state index in [-0.39, 0.29) is 25.4 Å². The van der Waals surface area contributed by atoms with Gasteiger partial charge in [-0.1, -0.05) is 30.3 Å². The second kappa shape index (κ2) is 7.59. The van der Waals surface area contributed by atoms with Crippen LogP contribution in [0.15, 0.2) is 30.3 Å². The van der Waals surface area contributed by atoms with Crippen LogP contribution in [0.1, 0.15) is 25.3 Å². The topological polar surface area (TPSA) is 72.9 Å². The van der Waals surface area contributed by atoms with Crippen molar-refractivity contribution in [2.24, 2.45) is 0 Å². The van der Waals surface area contributed by atoms with Crippen LogP contribution < -0.4 is 0 Å². The maximum atomic E-state index is 12.0. The van der Waals surface area contributed by atoms with Crippen LogP contribution in [0.2, 0.25) is 0 Å². The van der Waals surface area contributed by atoms with E-state index in [0.717, 1.165) is 5.56 Å². The van der Waals surface area contributed by atoms with Gasteiger partial charge in [-0.15, -0.1) is 0 Å². The average molecular weight is 305 g/mol. The fourth-order valence-corrected chi connectivity index (χ4v) is 2.27. The van der Waals surface area contributed by atoms with Gasteiger partial charge in [0.1, 0.15) is 6.61 Å². The van der Waals surface area contributed by atoms with E-state index in [9.17, 15) is 14.4 Å².